The van der Waals surface area contributed by atoms with Crippen LogP contribution in [0.1, 0.15) is 41.1 Å². The van der Waals surface area contributed by atoms with Crippen LogP contribution in [0.25, 0.3) is 0 Å². The average Bonchev–Trinajstić information content (AvgIpc) is 2.42. The molecule has 0 aliphatic carbocycles. The second-order valence-corrected chi connectivity index (χ2v) is 5.89. The number of aryl methyl sites for hydroxylation is 1. The van der Waals surface area contributed by atoms with E-state index < -0.39 is 5.97 Å². The summed E-state index contributed by atoms with van der Waals surface area (Å²) < 4.78 is 0. The number of hydrogen-bond acceptors (Lipinski definition) is 4. The maximum Gasteiger partial charge on any atom is 0.347 e. The zero-order valence-electron chi connectivity index (χ0n) is 10.3. The molecule has 1 rings (SSSR count). The van der Waals surface area contributed by atoms with E-state index in [1.807, 2.05) is 20.8 Å². The van der Waals surface area contributed by atoms with E-state index in [9.17, 15) is 9.59 Å². The Bertz CT molecular complexity index is 446. The summed E-state index contributed by atoms with van der Waals surface area (Å²) in [5.41, 5.74) is 0.167. The van der Waals surface area contributed by atoms with E-state index in [1.54, 1.807) is 6.92 Å². The number of carbonyl (C=O) groups excluding carboxylic acids is 1. The minimum absolute atomic E-state index is 0.121. The van der Waals surface area contributed by atoms with Crippen molar-refractivity contribution in [3.05, 3.63) is 15.6 Å². The van der Waals surface area contributed by atoms with Crippen LogP contribution in [-0.4, -0.2) is 27.5 Å². The first kappa shape index (κ1) is 13.6. The van der Waals surface area contributed by atoms with E-state index in [-0.39, 0.29) is 22.7 Å². The highest BCUT2D eigenvalue weighted by Crippen LogP contribution is 2.18. The van der Waals surface area contributed by atoms with E-state index in [1.165, 1.54) is 0 Å². The molecule has 0 atom stereocenters. The number of aromatic carboxylic acids is 1. The Hall–Kier alpha value is -1.43. The number of aromatic nitrogens is 1. The molecular formula is C11H16N2O3S. The van der Waals surface area contributed by atoms with Gasteiger partial charge in [-0.15, -0.1) is 11.3 Å². The molecule has 1 aromatic rings. The monoisotopic (exact) mass is 256 g/mol. The van der Waals surface area contributed by atoms with Gasteiger partial charge in [0.25, 0.3) is 0 Å². The third-order valence-corrected chi connectivity index (χ3v) is 3.01. The number of hydrogen-bond donors (Lipinski definition) is 2. The molecule has 0 aliphatic rings. The molecule has 0 aromatic carbocycles. The van der Waals surface area contributed by atoms with E-state index in [0.29, 0.717) is 10.7 Å². The van der Waals surface area contributed by atoms with Crippen LogP contribution >= 0.6 is 11.3 Å². The molecule has 5 nitrogen and oxygen atoms in total. The van der Waals surface area contributed by atoms with Crippen LogP contribution in [0, 0.1) is 6.92 Å². The molecule has 0 bridgehead atoms. The van der Waals surface area contributed by atoms with Gasteiger partial charge >= 0.3 is 5.97 Å². The van der Waals surface area contributed by atoms with E-state index in [2.05, 4.69) is 10.3 Å². The van der Waals surface area contributed by atoms with Crippen molar-refractivity contribution in [1.29, 1.82) is 0 Å². The smallest absolute Gasteiger partial charge is 0.347 e. The van der Waals surface area contributed by atoms with Crippen molar-refractivity contribution in [2.45, 2.75) is 39.7 Å². The molecule has 1 amide bonds. The van der Waals surface area contributed by atoms with Crippen LogP contribution in [0.4, 0.5) is 0 Å². The summed E-state index contributed by atoms with van der Waals surface area (Å²) in [7, 11) is 0. The van der Waals surface area contributed by atoms with Crippen LogP contribution in [0.5, 0.6) is 0 Å². The van der Waals surface area contributed by atoms with Crippen molar-refractivity contribution in [2.75, 3.05) is 0 Å². The molecule has 0 unspecified atom stereocenters. The third kappa shape index (κ3) is 4.14. The molecule has 1 aromatic heterocycles. The SMILES string of the molecule is Cc1nc(CC(=O)NC(C)(C)C)sc1C(=O)O. The maximum absolute atomic E-state index is 11.6. The van der Waals surface area contributed by atoms with Gasteiger partial charge in [-0.3, -0.25) is 4.79 Å². The van der Waals surface area contributed by atoms with Crippen molar-refractivity contribution in [3.63, 3.8) is 0 Å². The Morgan fingerprint density at radius 3 is 2.41 bits per heavy atom. The molecule has 0 spiro atoms. The highest BCUT2D eigenvalue weighted by atomic mass is 32.1. The average molecular weight is 256 g/mol. The number of carboxylic acid groups (broad SMARTS) is 1. The predicted octanol–water partition coefficient (Wildman–Crippen LogP) is 1.61. The second-order valence-electron chi connectivity index (χ2n) is 4.80. The van der Waals surface area contributed by atoms with Gasteiger partial charge in [0.05, 0.1) is 12.1 Å². The Morgan fingerprint density at radius 1 is 1.41 bits per heavy atom. The summed E-state index contributed by atoms with van der Waals surface area (Å²) in [6, 6.07) is 0. The highest BCUT2D eigenvalue weighted by molar-refractivity contribution is 7.13. The molecule has 6 heteroatoms. The molecule has 0 fully saturated rings. The molecule has 0 aliphatic heterocycles. The lowest BCUT2D eigenvalue weighted by molar-refractivity contribution is -0.121. The quantitative estimate of drug-likeness (QED) is 0.861. The molecule has 0 radical (unpaired) electrons. The third-order valence-electron chi connectivity index (χ3n) is 1.86. The van der Waals surface area contributed by atoms with Crippen LogP contribution in [0.2, 0.25) is 0 Å². The molecule has 2 N–H and O–H groups in total. The van der Waals surface area contributed by atoms with Crippen LogP contribution < -0.4 is 5.32 Å². The number of rotatable bonds is 3. The Labute approximate surface area is 104 Å². The van der Waals surface area contributed by atoms with Crippen molar-refractivity contribution < 1.29 is 14.7 Å². The van der Waals surface area contributed by atoms with Gasteiger partial charge in [0, 0.05) is 5.54 Å². The van der Waals surface area contributed by atoms with Gasteiger partial charge in [0.2, 0.25) is 5.91 Å². The zero-order chi connectivity index (χ0) is 13.2. The number of amides is 1. The maximum atomic E-state index is 11.6. The highest BCUT2D eigenvalue weighted by Gasteiger charge is 2.18. The van der Waals surface area contributed by atoms with Gasteiger partial charge in [0.15, 0.2) is 0 Å². The van der Waals surface area contributed by atoms with E-state index in [4.69, 9.17) is 5.11 Å². The minimum Gasteiger partial charge on any atom is -0.477 e. The Balaban J connectivity index is 2.73. The lowest BCUT2D eigenvalue weighted by Crippen LogP contribution is -2.41. The molecule has 0 saturated heterocycles. The summed E-state index contributed by atoms with van der Waals surface area (Å²) in [6.45, 7) is 7.30. The summed E-state index contributed by atoms with van der Waals surface area (Å²) >= 11 is 1.05. The van der Waals surface area contributed by atoms with Gasteiger partial charge in [-0.05, 0) is 27.7 Å². The number of carboxylic acids is 1. The van der Waals surface area contributed by atoms with Gasteiger partial charge < -0.3 is 10.4 Å². The van der Waals surface area contributed by atoms with Crippen LogP contribution in [0.15, 0.2) is 0 Å². The summed E-state index contributed by atoms with van der Waals surface area (Å²) in [6.07, 6.45) is 0.121. The molecule has 94 valence electrons. The molecule has 17 heavy (non-hydrogen) atoms. The number of carbonyl (C=O) groups is 2. The standard InChI is InChI=1S/C11H16N2O3S/c1-6-9(10(15)16)17-8(12-6)5-7(14)13-11(2,3)4/h5H2,1-4H3,(H,13,14)(H,15,16). The van der Waals surface area contributed by atoms with Crippen LogP contribution in [0.3, 0.4) is 0 Å². The normalized spacial score (nSPS) is 11.3. The molecule has 1 heterocycles. The summed E-state index contributed by atoms with van der Waals surface area (Å²) in [5.74, 6) is -1.15. The van der Waals surface area contributed by atoms with Gasteiger partial charge in [-0.2, -0.15) is 0 Å². The first-order valence-electron chi connectivity index (χ1n) is 5.19. The summed E-state index contributed by atoms with van der Waals surface area (Å²) in [4.78, 5) is 26.7. The fourth-order valence-corrected chi connectivity index (χ4v) is 2.23. The second kappa shape index (κ2) is 4.83. The van der Waals surface area contributed by atoms with Crippen molar-refractivity contribution in [2.24, 2.45) is 0 Å². The zero-order valence-corrected chi connectivity index (χ0v) is 11.1. The van der Waals surface area contributed by atoms with Gasteiger partial charge in [0.1, 0.15) is 9.88 Å². The Morgan fingerprint density at radius 2 is 2.00 bits per heavy atom. The van der Waals surface area contributed by atoms with Crippen molar-refractivity contribution in [3.8, 4) is 0 Å². The minimum atomic E-state index is -0.998. The fraction of sp³-hybridized carbons (Fsp3) is 0.545. The van der Waals surface area contributed by atoms with Crippen molar-refractivity contribution >= 4 is 23.2 Å². The lowest BCUT2D eigenvalue weighted by atomic mass is 10.1. The van der Waals surface area contributed by atoms with E-state index in [0.717, 1.165) is 11.3 Å². The molecule has 0 saturated carbocycles. The lowest BCUT2D eigenvalue weighted by Gasteiger charge is -2.19. The number of nitrogens with one attached hydrogen (secondary N) is 1. The Kier molecular flexibility index (Phi) is 3.87. The largest absolute Gasteiger partial charge is 0.477 e. The van der Waals surface area contributed by atoms with E-state index >= 15 is 0 Å². The fourth-order valence-electron chi connectivity index (χ4n) is 1.33. The van der Waals surface area contributed by atoms with Crippen LogP contribution in [-0.2, 0) is 11.2 Å². The molecular weight excluding hydrogens is 240 g/mol. The van der Waals surface area contributed by atoms with Gasteiger partial charge in [-0.25, -0.2) is 9.78 Å². The topological polar surface area (TPSA) is 79.3 Å². The first-order chi connectivity index (χ1) is 7.69. The summed E-state index contributed by atoms with van der Waals surface area (Å²) in [5, 5.41) is 12.2. The van der Waals surface area contributed by atoms with Gasteiger partial charge in [-0.1, -0.05) is 0 Å². The number of thiazole rings is 1. The predicted molar refractivity (Wildman–Crippen MR) is 65.4 cm³/mol. The van der Waals surface area contributed by atoms with Crippen molar-refractivity contribution in [1.82, 2.24) is 10.3 Å². The first-order valence-corrected chi connectivity index (χ1v) is 6.01. The number of nitrogens with zero attached hydrogens (tertiary/aromatic N) is 1.